The summed E-state index contributed by atoms with van der Waals surface area (Å²) < 4.78 is 16.8. The minimum Gasteiger partial charge on any atom is -0.132 e. The zero-order valence-corrected chi connectivity index (χ0v) is 20.3. The highest BCUT2D eigenvalue weighted by atomic mass is 32.1. The number of rotatable bonds is 0. The van der Waals surface area contributed by atoms with Crippen molar-refractivity contribution < 1.29 is 0 Å². The Bertz CT molecular complexity index is 1440. The van der Waals surface area contributed by atoms with Crippen molar-refractivity contribution in [3.8, 4) is 0 Å². The van der Waals surface area contributed by atoms with Crippen LogP contribution in [0.4, 0.5) is 0 Å². The molecule has 4 aromatic carbocycles. The number of benzene rings is 4. The van der Waals surface area contributed by atoms with Crippen LogP contribution in [0, 0.1) is 0 Å². The van der Waals surface area contributed by atoms with Crippen LogP contribution in [-0.2, 0) is 0 Å². The Morgan fingerprint density at radius 1 is 0.267 bits per heavy atom. The van der Waals surface area contributed by atoms with Crippen LogP contribution in [0.5, 0.6) is 0 Å². The summed E-state index contributed by atoms with van der Waals surface area (Å²) >= 11 is 11.7. The summed E-state index contributed by atoms with van der Waals surface area (Å²) in [5, 5.41) is 0. The molecule has 0 atom stereocenters. The molecular weight excluding hydrogens is 481 g/mol. The normalized spacial score (nSPS) is 12.0. The first-order valence-corrected chi connectivity index (χ1v) is 14.3. The zero-order valence-electron chi connectivity index (χ0n) is 15.4. The van der Waals surface area contributed by atoms with Crippen LogP contribution in [0.3, 0.4) is 0 Å². The molecule has 0 aliphatic heterocycles. The molecule has 3 aromatic heterocycles. The molecule has 3 heterocycles. The quantitative estimate of drug-likeness (QED) is 0.146. The highest BCUT2D eigenvalue weighted by Crippen LogP contribution is 2.50. The summed E-state index contributed by atoms with van der Waals surface area (Å²) in [6.45, 7) is 0. The van der Waals surface area contributed by atoms with Crippen molar-refractivity contribution in [1.82, 2.24) is 0 Å². The Morgan fingerprint density at radius 2 is 0.433 bits per heavy atom. The molecule has 6 heteroatoms. The Balaban J connectivity index is 1.82. The second kappa shape index (κ2) is 6.85. The molecular formula is C24H12S6. The van der Waals surface area contributed by atoms with Crippen LogP contribution in [0.1, 0.15) is 0 Å². The lowest BCUT2D eigenvalue weighted by atomic mass is 10.3. The molecule has 144 valence electrons. The van der Waals surface area contributed by atoms with Crippen LogP contribution in [0.15, 0.2) is 72.8 Å². The van der Waals surface area contributed by atoms with Crippen molar-refractivity contribution in [2.24, 2.45) is 0 Å². The maximum absolute atomic E-state index is 2.26. The van der Waals surface area contributed by atoms with Crippen molar-refractivity contribution >= 4 is 124 Å². The SMILES string of the molecule is c1ccc2sc3c(sc2c1)c1sc2ccccc2sc1c1sc2ccccc2sc31. The van der Waals surface area contributed by atoms with Gasteiger partial charge >= 0.3 is 0 Å². The number of hydrogen-bond acceptors (Lipinski definition) is 6. The summed E-state index contributed by atoms with van der Waals surface area (Å²) in [6.07, 6.45) is 0. The fraction of sp³-hybridized carbons (Fsp3) is 0. The summed E-state index contributed by atoms with van der Waals surface area (Å²) in [5.41, 5.74) is 0. The Labute approximate surface area is 195 Å². The van der Waals surface area contributed by atoms with Gasteiger partial charge in [-0.1, -0.05) is 36.4 Å². The van der Waals surface area contributed by atoms with Gasteiger partial charge in [0, 0.05) is 28.2 Å². The maximum Gasteiger partial charge on any atom is 0.0651 e. The van der Waals surface area contributed by atoms with Gasteiger partial charge in [0.25, 0.3) is 0 Å². The molecule has 0 nitrogen and oxygen atoms in total. The van der Waals surface area contributed by atoms with E-state index in [4.69, 9.17) is 0 Å². The molecule has 0 spiro atoms. The molecule has 0 fully saturated rings. The Hall–Kier alpha value is -1.80. The van der Waals surface area contributed by atoms with Gasteiger partial charge in [0.15, 0.2) is 0 Å². The van der Waals surface area contributed by atoms with Gasteiger partial charge in [-0.2, -0.15) is 0 Å². The molecule has 0 bridgehead atoms. The van der Waals surface area contributed by atoms with E-state index in [1.807, 2.05) is 68.0 Å². The lowest BCUT2D eigenvalue weighted by Crippen LogP contribution is -1.77. The van der Waals surface area contributed by atoms with Crippen molar-refractivity contribution in [1.29, 1.82) is 0 Å². The van der Waals surface area contributed by atoms with E-state index in [1.165, 1.54) is 56.4 Å². The first-order valence-electron chi connectivity index (χ1n) is 9.43. The topological polar surface area (TPSA) is 0 Å². The van der Waals surface area contributed by atoms with Gasteiger partial charge in [-0.25, -0.2) is 0 Å². The van der Waals surface area contributed by atoms with E-state index >= 15 is 0 Å². The molecule has 0 aliphatic carbocycles. The maximum atomic E-state index is 2.26. The van der Waals surface area contributed by atoms with Crippen LogP contribution < -0.4 is 0 Å². The monoisotopic (exact) mass is 492 g/mol. The molecule has 0 unspecified atom stereocenters. The molecule has 7 rings (SSSR count). The summed E-state index contributed by atoms with van der Waals surface area (Å²) in [5.74, 6) is 0. The first kappa shape index (κ1) is 17.8. The van der Waals surface area contributed by atoms with Crippen LogP contribution in [-0.4, -0.2) is 0 Å². The standard InChI is InChI=1S/C24H12S6/c1-2-8-14-13(7-1)25-19-20(26-14)22-24(30-18-12-6-5-11-17(18)28-22)23-21(19)27-15-9-3-4-10-16(15)29-23/h1-12H. The van der Waals surface area contributed by atoms with Gasteiger partial charge in [0.2, 0.25) is 0 Å². The Kier molecular flexibility index (Phi) is 4.07. The number of fused-ring (bicyclic) bond motifs is 9. The minimum absolute atomic E-state index is 1.37. The molecule has 0 aliphatic rings. The molecule has 7 aromatic rings. The van der Waals surface area contributed by atoms with Gasteiger partial charge in [-0.3, -0.25) is 0 Å². The van der Waals surface area contributed by atoms with E-state index in [-0.39, 0.29) is 0 Å². The fourth-order valence-corrected chi connectivity index (χ4v) is 11.9. The zero-order chi connectivity index (χ0) is 19.7. The predicted molar refractivity (Wildman–Crippen MR) is 145 cm³/mol. The molecule has 0 radical (unpaired) electrons. The van der Waals surface area contributed by atoms with Crippen LogP contribution in [0.25, 0.3) is 56.4 Å². The van der Waals surface area contributed by atoms with E-state index in [1.54, 1.807) is 0 Å². The van der Waals surface area contributed by atoms with Crippen LogP contribution >= 0.6 is 68.0 Å². The van der Waals surface area contributed by atoms with Gasteiger partial charge in [0.1, 0.15) is 0 Å². The summed E-state index contributed by atoms with van der Waals surface area (Å²) in [7, 11) is 0. The molecule has 0 N–H and O–H groups in total. The minimum atomic E-state index is 1.37. The van der Waals surface area contributed by atoms with E-state index in [0.717, 1.165) is 0 Å². The molecule has 0 saturated carbocycles. The summed E-state index contributed by atoms with van der Waals surface area (Å²) in [6, 6.07) is 26.5. The third-order valence-electron chi connectivity index (χ3n) is 5.06. The molecule has 30 heavy (non-hydrogen) atoms. The van der Waals surface area contributed by atoms with Gasteiger partial charge in [0.05, 0.1) is 28.2 Å². The largest absolute Gasteiger partial charge is 0.132 e. The highest BCUT2D eigenvalue weighted by Gasteiger charge is 2.16. The van der Waals surface area contributed by atoms with E-state index in [2.05, 4.69) is 72.8 Å². The second-order valence-corrected chi connectivity index (χ2v) is 13.2. The van der Waals surface area contributed by atoms with Crippen LogP contribution in [0.2, 0.25) is 0 Å². The smallest absolute Gasteiger partial charge is 0.0651 e. The average molecular weight is 493 g/mol. The van der Waals surface area contributed by atoms with Crippen molar-refractivity contribution in [3.63, 3.8) is 0 Å². The van der Waals surface area contributed by atoms with Crippen molar-refractivity contribution in [2.45, 2.75) is 0 Å². The molecule has 0 saturated heterocycles. The van der Waals surface area contributed by atoms with E-state index in [0.29, 0.717) is 0 Å². The lowest BCUT2D eigenvalue weighted by Gasteiger charge is -2.11. The molecule has 0 amide bonds. The van der Waals surface area contributed by atoms with Gasteiger partial charge in [-0.15, -0.1) is 68.0 Å². The predicted octanol–water partition coefficient (Wildman–Crippen LogP) is 10.7. The summed E-state index contributed by atoms with van der Waals surface area (Å²) in [4.78, 5) is 0. The third kappa shape index (κ3) is 2.65. The highest BCUT2D eigenvalue weighted by molar-refractivity contribution is 7.47. The van der Waals surface area contributed by atoms with Crippen molar-refractivity contribution in [3.05, 3.63) is 72.8 Å². The average Bonchev–Trinajstić information content (AvgIpc) is 2.81. The number of hydrogen-bond donors (Lipinski definition) is 0. The third-order valence-corrected chi connectivity index (χ3v) is 13.3. The van der Waals surface area contributed by atoms with E-state index in [9.17, 15) is 0 Å². The van der Waals surface area contributed by atoms with Crippen molar-refractivity contribution in [2.75, 3.05) is 0 Å². The van der Waals surface area contributed by atoms with E-state index < -0.39 is 0 Å². The van der Waals surface area contributed by atoms with Gasteiger partial charge < -0.3 is 0 Å². The fourth-order valence-electron chi connectivity index (χ4n) is 3.69. The lowest BCUT2D eigenvalue weighted by molar-refractivity contribution is 1.88. The van der Waals surface area contributed by atoms with Gasteiger partial charge in [-0.05, 0) is 36.4 Å². The Morgan fingerprint density at radius 3 is 0.600 bits per heavy atom. The first-order chi connectivity index (χ1) is 14.8. The second-order valence-electron chi connectivity index (χ2n) is 6.93.